The van der Waals surface area contributed by atoms with E-state index in [9.17, 15) is 9.18 Å². The van der Waals surface area contributed by atoms with Gasteiger partial charge in [-0.1, -0.05) is 5.16 Å². The minimum absolute atomic E-state index is 0.0346. The number of carbonyl (C=O) groups is 1. The van der Waals surface area contributed by atoms with E-state index in [-0.39, 0.29) is 17.5 Å². The summed E-state index contributed by atoms with van der Waals surface area (Å²) in [7, 11) is 0. The Labute approximate surface area is 121 Å². The normalized spacial score (nSPS) is 18.2. The molecule has 1 aromatic heterocycles. The molecule has 0 spiro atoms. The van der Waals surface area contributed by atoms with Crippen molar-refractivity contribution in [1.82, 2.24) is 10.1 Å². The van der Waals surface area contributed by atoms with Crippen LogP contribution in [0.1, 0.15) is 40.7 Å². The number of benzene rings is 1. The Morgan fingerprint density at radius 1 is 1.48 bits per heavy atom. The maximum atomic E-state index is 13.9. The molecule has 3 rings (SSSR count). The van der Waals surface area contributed by atoms with Gasteiger partial charge >= 0.3 is 0 Å². The van der Waals surface area contributed by atoms with Crippen LogP contribution in [-0.4, -0.2) is 22.5 Å². The van der Waals surface area contributed by atoms with Gasteiger partial charge in [-0.3, -0.25) is 4.79 Å². The summed E-state index contributed by atoms with van der Waals surface area (Å²) in [4.78, 5) is 14.2. The summed E-state index contributed by atoms with van der Waals surface area (Å²) < 4.78 is 19.2. The third-order valence-electron chi connectivity index (χ3n) is 3.71. The molecule has 0 bridgehead atoms. The van der Waals surface area contributed by atoms with Crippen molar-refractivity contribution >= 4 is 11.6 Å². The van der Waals surface area contributed by atoms with E-state index in [1.165, 1.54) is 12.1 Å². The Morgan fingerprint density at radius 2 is 2.29 bits per heavy atom. The lowest BCUT2D eigenvalue weighted by Crippen LogP contribution is -2.31. The lowest BCUT2D eigenvalue weighted by molar-refractivity contribution is 0.0710. The molecular weight excluding hydrogens is 273 g/mol. The van der Waals surface area contributed by atoms with E-state index in [0.717, 1.165) is 24.6 Å². The fraction of sp³-hybridized carbons (Fsp3) is 0.333. The van der Waals surface area contributed by atoms with Crippen LogP contribution in [0.15, 0.2) is 28.8 Å². The van der Waals surface area contributed by atoms with Gasteiger partial charge in [-0.2, -0.15) is 0 Å². The Kier molecular flexibility index (Phi) is 3.37. The SMILES string of the molecule is Cc1cc(C2CCCN2C(=O)c2ccc(N)cc2F)on1. The van der Waals surface area contributed by atoms with Crippen LogP contribution >= 0.6 is 0 Å². The number of anilines is 1. The molecule has 0 radical (unpaired) electrons. The predicted octanol–water partition coefficient (Wildman–Crippen LogP) is 2.68. The number of nitrogens with two attached hydrogens (primary N) is 1. The summed E-state index contributed by atoms with van der Waals surface area (Å²) >= 11 is 0. The average molecular weight is 289 g/mol. The van der Waals surface area contributed by atoms with Gasteiger partial charge in [0.1, 0.15) is 5.82 Å². The summed E-state index contributed by atoms with van der Waals surface area (Å²) in [6, 6.07) is 5.75. The van der Waals surface area contributed by atoms with E-state index in [2.05, 4.69) is 5.16 Å². The number of rotatable bonds is 2. The summed E-state index contributed by atoms with van der Waals surface area (Å²) in [6.45, 7) is 2.40. The Morgan fingerprint density at radius 3 is 2.95 bits per heavy atom. The fourth-order valence-electron chi connectivity index (χ4n) is 2.71. The van der Waals surface area contributed by atoms with Crippen LogP contribution in [-0.2, 0) is 0 Å². The molecule has 1 aliphatic heterocycles. The van der Waals surface area contributed by atoms with E-state index in [0.29, 0.717) is 18.0 Å². The number of amides is 1. The molecular formula is C15H16FN3O2. The molecule has 0 aliphatic carbocycles. The first-order valence-electron chi connectivity index (χ1n) is 6.85. The maximum absolute atomic E-state index is 13.9. The van der Waals surface area contributed by atoms with Crippen molar-refractivity contribution < 1.29 is 13.7 Å². The van der Waals surface area contributed by atoms with Crippen LogP contribution in [0.4, 0.5) is 10.1 Å². The van der Waals surface area contributed by atoms with Crippen molar-refractivity contribution in [2.24, 2.45) is 0 Å². The van der Waals surface area contributed by atoms with Crippen molar-refractivity contribution in [3.05, 3.63) is 47.1 Å². The molecule has 110 valence electrons. The number of likely N-dealkylation sites (tertiary alicyclic amines) is 1. The van der Waals surface area contributed by atoms with Crippen molar-refractivity contribution in [2.75, 3.05) is 12.3 Å². The van der Waals surface area contributed by atoms with Gasteiger partial charge in [0.15, 0.2) is 5.76 Å². The van der Waals surface area contributed by atoms with Gasteiger partial charge in [-0.05, 0) is 38.0 Å². The van der Waals surface area contributed by atoms with E-state index in [4.69, 9.17) is 10.3 Å². The molecule has 1 unspecified atom stereocenters. The first-order chi connectivity index (χ1) is 10.1. The number of carbonyl (C=O) groups excluding carboxylic acids is 1. The highest BCUT2D eigenvalue weighted by molar-refractivity contribution is 5.95. The molecule has 1 amide bonds. The summed E-state index contributed by atoms with van der Waals surface area (Å²) in [5.74, 6) is -0.294. The highest BCUT2D eigenvalue weighted by Crippen LogP contribution is 2.33. The van der Waals surface area contributed by atoms with Gasteiger partial charge < -0.3 is 15.2 Å². The van der Waals surface area contributed by atoms with Gasteiger partial charge in [0, 0.05) is 18.3 Å². The number of hydrogen-bond donors (Lipinski definition) is 1. The molecule has 1 aliphatic rings. The smallest absolute Gasteiger partial charge is 0.257 e. The first-order valence-corrected chi connectivity index (χ1v) is 6.85. The number of nitrogens with zero attached hydrogens (tertiary/aromatic N) is 2. The molecule has 1 atom stereocenters. The number of hydrogen-bond acceptors (Lipinski definition) is 4. The predicted molar refractivity (Wildman–Crippen MR) is 75.1 cm³/mol. The van der Waals surface area contributed by atoms with Gasteiger partial charge in [0.05, 0.1) is 17.3 Å². The number of aromatic nitrogens is 1. The molecule has 1 saturated heterocycles. The third-order valence-corrected chi connectivity index (χ3v) is 3.71. The largest absolute Gasteiger partial charge is 0.399 e. The zero-order valence-corrected chi connectivity index (χ0v) is 11.7. The van der Waals surface area contributed by atoms with E-state index < -0.39 is 5.82 Å². The molecule has 2 heterocycles. The zero-order chi connectivity index (χ0) is 15.0. The van der Waals surface area contributed by atoms with Crippen molar-refractivity contribution in [3.8, 4) is 0 Å². The maximum Gasteiger partial charge on any atom is 0.257 e. The topological polar surface area (TPSA) is 72.4 Å². The van der Waals surface area contributed by atoms with Gasteiger partial charge in [0.2, 0.25) is 0 Å². The second-order valence-electron chi connectivity index (χ2n) is 5.27. The highest BCUT2D eigenvalue weighted by atomic mass is 19.1. The average Bonchev–Trinajstić information content (AvgIpc) is 3.06. The first kappa shape index (κ1) is 13.6. The number of halogens is 1. The van der Waals surface area contributed by atoms with Gasteiger partial charge in [-0.15, -0.1) is 0 Å². The third kappa shape index (κ3) is 2.49. The van der Waals surface area contributed by atoms with Crippen molar-refractivity contribution in [1.29, 1.82) is 0 Å². The Hall–Kier alpha value is -2.37. The lowest BCUT2D eigenvalue weighted by Gasteiger charge is -2.23. The lowest BCUT2D eigenvalue weighted by atomic mass is 10.1. The fourth-order valence-corrected chi connectivity index (χ4v) is 2.71. The minimum atomic E-state index is -0.598. The molecule has 0 saturated carbocycles. The van der Waals surface area contributed by atoms with Crippen molar-refractivity contribution in [3.63, 3.8) is 0 Å². The quantitative estimate of drug-likeness (QED) is 0.863. The van der Waals surface area contributed by atoms with Crippen LogP contribution in [0.2, 0.25) is 0 Å². The zero-order valence-electron chi connectivity index (χ0n) is 11.7. The minimum Gasteiger partial charge on any atom is -0.399 e. The van der Waals surface area contributed by atoms with Crippen molar-refractivity contribution in [2.45, 2.75) is 25.8 Å². The van der Waals surface area contributed by atoms with Crippen LogP contribution < -0.4 is 5.73 Å². The summed E-state index contributed by atoms with van der Waals surface area (Å²) in [5.41, 5.74) is 6.61. The molecule has 6 heteroatoms. The standard InChI is InChI=1S/C15H16FN3O2/c1-9-7-14(21-18-9)13-3-2-6-19(13)15(20)11-5-4-10(17)8-12(11)16/h4-5,7-8,13H,2-3,6,17H2,1H3. The van der Waals surface area contributed by atoms with Crippen LogP contribution in [0.5, 0.6) is 0 Å². The van der Waals surface area contributed by atoms with Crippen LogP contribution in [0.25, 0.3) is 0 Å². The Balaban J connectivity index is 1.89. The van der Waals surface area contributed by atoms with E-state index >= 15 is 0 Å². The molecule has 5 nitrogen and oxygen atoms in total. The molecule has 21 heavy (non-hydrogen) atoms. The highest BCUT2D eigenvalue weighted by Gasteiger charge is 2.34. The van der Waals surface area contributed by atoms with E-state index in [1.54, 1.807) is 4.90 Å². The van der Waals surface area contributed by atoms with Gasteiger partial charge in [0.25, 0.3) is 5.91 Å². The summed E-state index contributed by atoms with van der Waals surface area (Å²) in [5, 5.41) is 3.85. The monoisotopic (exact) mass is 289 g/mol. The van der Waals surface area contributed by atoms with Crippen LogP contribution in [0.3, 0.4) is 0 Å². The molecule has 1 aromatic carbocycles. The Bertz CT molecular complexity index is 683. The second-order valence-corrected chi connectivity index (χ2v) is 5.27. The van der Waals surface area contributed by atoms with Gasteiger partial charge in [-0.25, -0.2) is 4.39 Å². The molecule has 2 aromatic rings. The number of aryl methyl sites for hydroxylation is 1. The molecule has 1 fully saturated rings. The summed E-state index contributed by atoms with van der Waals surface area (Å²) in [6.07, 6.45) is 1.64. The molecule has 2 N–H and O–H groups in total. The van der Waals surface area contributed by atoms with E-state index in [1.807, 2.05) is 13.0 Å². The number of nitrogen functional groups attached to an aromatic ring is 1. The second kappa shape index (κ2) is 5.20. The van der Waals surface area contributed by atoms with Crippen LogP contribution in [0, 0.1) is 12.7 Å².